The molecule has 1 aliphatic carbocycles. The zero-order chi connectivity index (χ0) is 20.5. The topological polar surface area (TPSA) is 88.3 Å². The molecule has 0 bridgehead atoms. The van der Waals surface area contributed by atoms with Crippen molar-refractivity contribution in [3.63, 3.8) is 0 Å². The largest absolute Gasteiger partial charge is 0.490 e. The third-order valence-corrected chi connectivity index (χ3v) is 5.25. The highest BCUT2D eigenvalue weighted by Gasteiger charge is 2.36. The summed E-state index contributed by atoms with van der Waals surface area (Å²) in [5, 5.41) is 0. The summed E-state index contributed by atoms with van der Waals surface area (Å²) in [5.74, 6) is -2.21. The maximum atomic E-state index is 13.4. The molecule has 0 radical (unpaired) electrons. The van der Waals surface area contributed by atoms with E-state index in [0.29, 0.717) is 28.1 Å². The number of hydrogen-bond acceptors (Lipinski definition) is 4. The van der Waals surface area contributed by atoms with Crippen LogP contribution in [0.5, 0.6) is 5.75 Å². The van der Waals surface area contributed by atoms with Crippen molar-refractivity contribution in [1.82, 2.24) is 4.98 Å². The summed E-state index contributed by atoms with van der Waals surface area (Å²) in [5.41, 5.74) is 1.79. The number of aromatic amines is 1. The number of H-pyrrole nitrogens is 1. The summed E-state index contributed by atoms with van der Waals surface area (Å²) in [6, 6.07) is 6.42. The fourth-order valence-electron chi connectivity index (χ4n) is 3.20. The van der Waals surface area contributed by atoms with Crippen LogP contribution in [-0.4, -0.2) is 31.7 Å². The average molecular weight is 412 g/mol. The van der Waals surface area contributed by atoms with Gasteiger partial charge in [-0.2, -0.15) is 0 Å². The molecule has 0 unspecified atom stereocenters. The molecule has 2 aromatic rings. The second-order valence-electron chi connectivity index (χ2n) is 7.16. The lowest BCUT2D eigenvalue weighted by molar-refractivity contribution is -0.0581. The third-order valence-electron chi connectivity index (χ3n) is 4.64. The number of halogens is 2. The van der Waals surface area contributed by atoms with E-state index in [1.165, 1.54) is 6.20 Å². The molecule has 152 valence electrons. The summed E-state index contributed by atoms with van der Waals surface area (Å²) in [6.07, 6.45) is 2.23. The molecule has 28 heavy (non-hydrogen) atoms. The number of pyridine rings is 1. The Morgan fingerprint density at radius 1 is 1.21 bits per heavy atom. The number of rotatable bonds is 5. The van der Waals surface area contributed by atoms with Crippen LogP contribution in [0.25, 0.3) is 11.1 Å². The Hall–Kier alpha value is -2.42. The molecule has 0 saturated heterocycles. The molecule has 2 N–H and O–H groups in total. The van der Waals surface area contributed by atoms with Crippen LogP contribution in [0.1, 0.15) is 31.2 Å². The second kappa shape index (κ2) is 7.54. The van der Waals surface area contributed by atoms with Gasteiger partial charge in [0, 0.05) is 41.4 Å². The van der Waals surface area contributed by atoms with Gasteiger partial charge in [-0.1, -0.05) is 0 Å². The van der Waals surface area contributed by atoms with Crippen LogP contribution in [-0.2, 0) is 10.0 Å². The molecule has 6 nitrogen and oxygen atoms in total. The van der Waals surface area contributed by atoms with Gasteiger partial charge in [0.2, 0.25) is 15.9 Å². The van der Waals surface area contributed by atoms with Crippen LogP contribution in [0.2, 0.25) is 0 Å². The average Bonchev–Trinajstić information content (AvgIpc) is 2.59. The van der Waals surface area contributed by atoms with E-state index in [1.54, 1.807) is 31.2 Å². The highest BCUT2D eigenvalue weighted by atomic mass is 32.2. The molecule has 0 spiro atoms. The number of aromatic nitrogens is 1. The lowest BCUT2D eigenvalue weighted by Crippen LogP contribution is -2.30. The van der Waals surface area contributed by atoms with E-state index in [4.69, 9.17) is 4.74 Å². The lowest BCUT2D eigenvalue weighted by atomic mass is 9.94. The fourth-order valence-corrected chi connectivity index (χ4v) is 3.76. The summed E-state index contributed by atoms with van der Waals surface area (Å²) in [7, 11) is -3.48. The van der Waals surface area contributed by atoms with Crippen LogP contribution in [0.3, 0.4) is 0 Å². The van der Waals surface area contributed by atoms with Crippen molar-refractivity contribution in [3.8, 4) is 16.9 Å². The van der Waals surface area contributed by atoms with Crippen LogP contribution in [0.15, 0.2) is 35.3 Å². The highest BCUT2D eigenvalue weighted by Crippen LogP contribution is 2.38. The SMILES string of the molecule is Cc1cc(-c2cc(NS(C)(=O)=O)ccc2OC2CCC(F)(F)CC2)c[nH]c1=O. The number of anilines is 1. The minimum Gasteiger partial charge on any atom is -0.490 e. The summed E-state index contributed by atoms with van der Waals surface area (Å²) >= 11 is 0. The lowest BCUT2D eigenvalue weighted by Gasteiger charge is -2.29. The predicted molar refractivity (Wildman–Crippen MR) is 104 cm³/mol. The van der Waals surface area contributed by atoms with Crippen molar-refractivity contribution in [2.75, 3.05) is 11.0 Å². The van der Waals surface area contributed by atoms with Gasteiger partial charge < -0.3 is 9.72 Å². The Labute approximate surface area is 162 Å². The maximum absolute atomic E-state index is 13.4. The number of aryl methyl sites for hydroxylation is 1. The zero-order valence-corrected chi connectivity index (χ0v) is 16.4. The first-order chi connectivity index (χ1) is 13.0. The van der Waals surface area contributed by atoms with Crippen molar-refractivity contribution in [2.45, 2.75) is 44.6 Å². The van der Waals surface area contributed by atoms with Gasteiger partial charge in [0.05, 0.1) is 12.4 Å². The molecule has 0 aliphatic heterocycles. The van der Waals surface area contributed by atoms with Crippen molar-refractivity contribution in [2.24, 2.45) is 0 Å². The zero-order valence-electron chi connectivity index (χ0n) is 15.6. The van der Waals surface area contributed by atoms with Gasteiger partial charge in [-0.05, 0) is 44.0 Å². The van der Waals surface area contributed by atoms with Crippen LogP contribution in [0.4, 0.5) is 14.5 Å². The third kappa shape index (κ3) is 5.09. The van der Waals surface area contributed by atoms with Crippen LogP contribution in [0, 0.1) is 6.92 Å². The van der Waals surface area contributed by atoms with E-state index in [1.807, 2.05) is 0 Å². The molecule has 1 fully saturated rings. The monoisotopic (exact) mass is 412 g/mol. The minimum atomic E-state index is -3.48. The van der Waals surface area contributed by atoms with Crippen molar-refractivity contribution >= 4 is 15.7 Å². The summed E-state index contributed by atoms with van der Waals surface area (Å²) in [4.78, 5) is 14.3. The molecular formula is C19H22F2N2O4S. The highest BCUT2D eigenvalue weighted by molar-refractivity contribution is 7.92. The van der Waals surface area contributed by atoms with Gasteiger partial charge in [-0.15, -0.1) is 0 Å². The number of sulfonamides is 1. The molecule has 1 aromatic carbocycles. The number of benzene rings is 1. The van der Waals surface area contributed by atoms with Gasteiger partial charge in [0.15, 0.2) is 0 Å². The number of ether oxygens (including phenoxy) is 1. The Morgan fingerprint density at radius 2 is 1.89 bits per heavy atom. The Bertz CT molecular complexity index is 1020. The molecule has 3 rings (SSSR count). The molecule has 1 aliphatic rings. The van der Waals surface area contributed by atoms with Crippen molar-refractivity contribution < 1.29 is 21.9 Å². The number of nitrogens with one attached hydrogen (secondary N) is 2. The van der Waals surface area contributed by atoms with Gasteiger partial charge >= 0.3 is 0 Å². The quantitative estimate of drug-likeness (QED) is 0.784. The Kier molecular flexibility index (Phi) is 5.47. The van der Waals surface area contributed by atoms with E-state index >= 15 is 0 Å². The van der Waals surface area contributed by atoms with E-state index in [2.05, 4.69) is 9.71 Å². The Balaban J connectivity index is 1.96. The van der Waals surface area contributed by atoms with Crippen LogP contribution < -0.4 is 15.0 Å². The smallest absolute Gasteiger partial charge is 0.250 e. The van der Waals surface area contributed by atoms with E-state index in [0.717, 1.165) is 6.26 Å². The first-order valence-electron chi connectivity index (χ1n) is 8.88. The Morgan fingerprint density at radius 3 is 2.50 bits per heavy atom. The molecule has 0 amide bonds. The molecule has 0 atom stereocenters. The molecule has 9 heteroatoms. The number of alkyl halides is 2. The summed E-state index contributed by atoms with van der Waals surface area (Å²) in [6.45, 7) is 1.66. The standard InChI is InChI=1S/C19H22F2N2O4S/c1-12-9-13(11-22-18(12)24)16-10-14(23-28(2,25)26)3-4-17(16)27-15-5-7-19(20,21)8-6-15/h3-4,9-11,15,23H,5-8H2,1-2H3,(H,22,24). The second-order valence-corrected chi connectivity index (χ2v) is 8.91. The molecular weight excluding hydrogens is 390 g/mol. The maximum Gasteiger partial charge on any atom is 0.250 e. The normalized spacial score (nSPS) is 17.3. The van der Waals surface area contributed by atoms with Gasteiger partial charge in [-0.25, -0.2) is 17.2 Å². The fraction of sp³-hybridized carbons (Fsp3) is 0.421. The van der Waals surface area contributed by atoms with E-state index in [9.17, 15) is 22.0 Å². The summed E-state index contributed by atoms with van der Waals surface area (Å²) < 4.78 is 58.3. The van der Waals surface area contributed by atoms with Crippen molar-refractivity contribution in [1.29, 1.82) is 0 Å². The predicted octanol–water partition coefficient (Wildman–Crippen LogP) is 3.68. The van der Waals surface area contributed by atoms with Crippen LogP contribution >= 0.6 is 0 Å². The van der Waals surface area contributed by atoms with Gasteiger partial charge in [0.1, 0.15) is 5.75 Å². The molecule has 1 aromatic heterocycles. The van der Waals surface area contributed by atoms with E-state index < -0.39 is 15.9 Å². The molecule has 1 saturated carbocycles. The van der Waals surface area contributed by atoms with E-state index in [-0.39, 0.29) is 37.3 Å². The van der Waals surface area contributed by atoms with Crippen molar-refractivity contribution in [3.05, 3.63) is 46.4 Å². The number of hydrogen-bond donors (Lipinski definition) is 2. The first kappa shape index (κ1) is 20.3. The van der Waals surface area contributed by atoms with Gasteiger partial charge in [0.25, 0.3) is 5.56 Å². The first-order valence-corrected chi connectivity index (χ1v) is 10.8. The minimum absolute atomic E-state index is 0.224. The molecule has 1 heterocycles. The van der Waals surface area contributed by atoms with Gasteiger partial charge in [-0.3, -0.25) is 9.52 Å².